The van der Waals surface area contributed by atoms with Gasteiger partial charge in [0.1, 0.15) is 17.3 Å². The third kappa shape index (κ3) is 3.05. The number of hydrogen-bond acceptors (Lipinski definition) is 5. The Morgan fingerprint density at radius 2 is 1.80 bits per heavy atom. The second-order valence-electron chi connectivity index (χ2n) is 3.98. The molecule has 1 heterocycles. The van der Waals surface area contributed by atoms with Crippen LogP contribution in [0.2, 0.25) is 10.3 Å². The molecule has 7 heteroatoms. The summed E-state index contributed by atoms with van der Waals surface area (Å²) in [6.45, 7) is 1.87. The van der Waals surface area contributed by atoms with Gasteiger partial charge in [-0.3, -0.25) is 0 Å². The molecule has 106 valence electrons. The van der Waals surface area contributed by atoms with Crippen LogP contribution in [-0.4, -0.2) is 24.2 Å². The molecule has 0 aliphatic carbocycles. The summed E-state index contributed by atoms with van der Waals surface area (Å²) in [5.74, 6) is 1.70. The minimum absolute atomic E-state index is 0.165. The van der Waals surface area contributed by atoms with Crippen molar-refractivity contribution in [2.75, 3.05) is 19.5 Å². The summed E-state index contributed by atoms with van der Waals surface area (Å²) in [5, 5.41) is 3.77. The number of aryl methyl sites for hydroxylation is 1. The lowest BCUT2D eigenvalue weighted by Gasteiger charge is -2.14. The zero-order valence-electron chi connectivity index (χ0n) is 11.2. The van der Waals surface area contributed by atoms with Crippen LogP contribution >= 0.6 is 23.2 Å². The van der Waals surface area contributed by atoms with Crippen molar-refractivity contribution in [2.45, 2.75) is 6.92 Å². The lowest BCUT2D eigenvalue weighted by atomic mass is 10.2. The van der Waals surface area contributed by atoms with E-state index in [1.807, 2.05) is 6.92 Å². The fraction of sp³-hybridized carbons (Fsp3) is 0.231. The number of ether oxygens (including phenoxy) is 2. The summed E-state index contributed by atoms with van der Waals surface area (Å²) < 4.78 is 10.5. The van der Waals surface area contributed by atoms with E-state index < -0.39 is 0 Å². The largest absolute Gasteiger partial charge is 0.495 e. The molecule has 0 radical (unpaired) electrons. The van der Waals surface area contributed by atoms with Crippen LogP contribution < -0.4 is 14.8 Å². The molecule has 1 aromatic carbocycles. The number of nitrogens with one attached hydrogen (secondary N) is 1. The molecule has 2 aromatic rings. The van der Waals surface area contributed by atoms with E-state index in [-0.39, 0.29) is 5.28 Å². The first-order chi connectivity index (χ1) is 9.55. The van der Waals surface area contributed by atoms with Gasteiger partial charge < -0.3 is 14.8 Å². The van der Waals surface area contributed by atoms with Gasteiger partial charge in [0.25, 0.3) is 0 Å². The van der Waals surface area contributed by atoms with E-state index in [9.17, 15) is 0 Å². The summed E-state index contributed by atoms with van der Waals surface area (Å²) in [6.07, 6.45) is 1.64. The van der Waals surface area contributed by atoms with Crippen LogP contribution in [0.3, 0.4) is 0 Å². The highest BCUT2D eigenvalue weighted by Gasteiger charge is 2.12. The van der Waals surface area contributed by atoms with Gasteiger partial charge in [-0.15, -0.1) is 0 Å². The van der Waals surface area contributed by atoms with Gasteiger partial charge in [0.15, 0.2) is 0 Å². The summed E-state index contributed by atoms with van der Waals surface area (Å²) in [5.41, 5.74) is 1.52. The number of rotatable bonds is 4. The van der Waals surface area contributed by atoms with Crippen molar-refractivity contribution in [3.63, 3.8) is 0 Å². The number of methoxy groups -OCH3 is 2. The molecule has 5 nitrogen and oxygen atoms in total. The van der Waals surface area contributed by atoms with Gasteiger partial charge in [-0.05, 0) is 18.5 Å². The normalized spacial score (nSPS) is 10.2. The molecule has 0 amide bonds. The number of halogens is 2. The Kier molecular flexibility index (Phi) is 4.52. The van der Waals surface area contributed by atoms with Crippen LogP contribution in [0.25, 0.3) is 0 Å². The quantitative estimate of drug-likeness (QED) is 0.869. The highest BCUT2D eigenvalue weighted by Crippen LogP contribution is 2.37. The fourth-order valence-electron chi connectivity index (χ4n) is 1.63. The number of aromatic nitrogens is 2. The van der Waals surface area contributed by atoms with Crippen molar-refractivity contribution in [3.8, 4) is 11.5 Å². The minimum atomic E-state index is 0.165. The van der Waals surface area contributed by atoms with Crippen LogP contribution in [-0.2, 0) is 0 Å². The van der Waals surface area contributed by atoms with E-state index in [0.717, 1.165) is 5.56 Å². The fourth-order valence-corrected chi connectivity index (χ4v) is 2.00. The maximum absolute atomic E-state index is 6.06. The Balaban J connectivity index is 2.44. The van der Waals surface area contributed by atoms with Gasteiger partial charge >= 0.3 is 0 Å². The third-order valence-corrected chi connectivity index (χ3v) is 3.15. The van der Waals surface area contributed by atoms with E-state index in [2.05, 4.69) is 15.3 Å². The molecule has 0 saturated carbocycles. The molecule has 0 unspecified atom stereocenters. The second kappa shape index (κ2) is 6.15. The van der Waals surface area contributed by atoms with Crippen LogP contribution in [0, 0.1) is 6.92 Å². The smallest absolute Gasteiger partial charge is 0.224 e. The van der Waals surface area contributed by atoms with Gasteiger partial charge in [0.2, 0.25) is 5.28 Å². The zero-order valence-corrected chi connectivity index (χ0v) is 12.7. The summed E-state index contributed by atoms with van der Waals surface area (Å²) in [6, 6.07) is 3.40. The lowest BCUT2D eigenvalue weighted by molar-refractivity contribution is 0.405. The zero-order chi connectivity index (χ0) is 14.7. The number of anilines is 2. The van der Waals surface area contributed by atoms with E-state index in [4.69, 9.17) is 32.7 Å². The Hall–Kier alpha value is -1.72. The second-order valence-corrected chi connectivity index (χ2v) is 4.73. The van der Waals surface area contributed by atoms with Crippen molar-refractivity contribution in [1.82, 2.24) is 9.97 Å². The number of hydrogen-bond donors (Lipinski definition) is 1. The van der Waals surface area contributed by atoms with Crippen molar-refractivity contribution in [2.24, 2.45) is 0 Å². The van der Waals surface area contributed by atoms with Crippen LogP contribution in [0.15, 0.2) is 18.3 Å². The SMILES string of the molecule is COc1cc(Nc2nc(Cl)ncc2C)c(OC)cc1Cl. The van der Waals surface area contributed by atoms with E-state index >= 15 is 0 Å². The van der Waals surface area contributed by atoms with E-state index in [1.165, 1.54) is 0 Å². The van der Waals surface area contributed by atoms with Crippen LogP contribution in [0.5, 0.6) is 11.5 Å². The molecule has 2 rings (SSSR count). The molecule has 0 fully saturated rings. The average molecular weight is 314 g/mol. The first-order valence-electron chi connectivity index (χ1n) is 5.73. The molecule has 1 N–H and O–H groups in total. The van der Waals surface area contributed by atoms with E-state index in [0.29, 0.717) is 28.0 Å². The summed E-state index contributed by atoms with van der Waals surface area (Å²) in [4.78, 5) is 8.04. The maximum Gasteiger partial charge on any atom is 0.224 e. The number of nitrogens with zero attached hydrogens (tertiary/aromatic N) is 2. The maximum atomic E-state index is 6.06. The summed E-state index contributed by atoms with van der Waals surface area (Å²) >= 11 is 11.9. The molecule has 0 bridgehead atoms. The Morgan fingerprint density at radius 1 is 1.10 bits per heavy atom. The lowest BCUT2D eigenvalue weighted by Crippen LogP contribution is -2.01. The van der Waals surface area contributed by atoms with Gasteiger partial charge in [0.05, 0.1) is 24.9 Å². The minimum Gasteiger partial charge on any atom is -0.495 e. The van der Waals surface area contributed by atoms with Gasteiger partial charge in [-0.2, -0.15) is 0 Å². The van der Waals surface area contributed by atoms with Crippen molar-refractivity contribution < 1.29 is 9.47 Å². The van der Waals surface area contributed by atoms with Crippen molar-refractivity contribution in [1.29, 1.82) is 0 Å². The Labute approximate surface area is 126 Å². The molecular formula is C13H13Cl2N3O2. The highest BCUT2D eigenvalue weighted by atomic mass is 35.5. The van der Waals surface area contributed by atoms with Gasteiger partial charge in [-0.25, -0.2) is 9.97 Å². The Bertz CT molecular complexity index is 635. The molecule has 1 aromatic heterocycles. The monoisotopic (exact) mass is 313 g/mol. The van der Waals surface area contributed by atoms with Crippen LogP contribution in [0.4, 0.5) is 11.5 Å². The molecule has 20 heavy (non-hydrogen) atoms. The third-order valence-electron chi connectivity index (χ3n) is 2.67. The van der Waals surface area contributed by atoms with Crippen molar-refractivity contribution in [3.05, 3.63) is 34.2 Å². The first-order valence-corrected chi connectivity index (χ1v) is 6.48. The van der Waals surface area contributed by atoms with Gasteiger partial charge in [0, 0.05) is 23.9 Å². The molecule has 0 aliphatic rings. The predicted octanol–water partition coefficient (Wildman–Crippen LogP) is 3.85. The number of benzene rings is 1. The molecule has 0 spiro atoms. The molecule has 0 aliphatic heterocycles. The Morgan fingerprint density at radius 3 is 2.45 bits per heavy atom. The summed E-state index contributed by atoms with van der Waals surface area (Å²) in [7, 11) is 3.10. The average Bonchev–Trinajstić information content (AvgIpc) is 2.44. The highest BCUT2D eigenvalue weighted by molar-refractivity contribution is 6.32. The van der Waals surface area contributed by atoms with E-state index in [1.54, 1.807) is 32.5 Å². The first kappa shape index (κ1) is 14.7. The molecule has 0 saturated heterocycles. The topological polar surface area (TPSA) is 56.3 Å². The van der Waals surface area contributed by atoms with Crippen molar-refractivity contribution >= 4 is 34.7 Å². The predicted molar refractivity (Wildman–Crippen MR) is 79.6 cm³/mol. The molecular weight excluding hydrogens is 301 g/mol. The van der Waals surface area contributed by atoms with Gasteiger partial charge in [-0.1, -0.05) is 11.6 Å². The van der Waals surface area contributed by atoms with Crippen LogP contribution in [0.1, 0.15) is 5.56 Å². The standard InChI is InChI=1S/C13H13Cl2N3O2/c1-7-6-16-13(15)18-12(7)17-9-5-10(19-2)8(14)4-11(9)20-3/h4-6H,1-3H3,(H,16,17,18). The molecule has 0 atom stereocenters.